The molecular weight excluding hydrogens is 248 g/mol. The average Bonchev–Trinajstić information content (AvgIpc) is 2.63. The Kier molecular flexibility index (Phi) is 5.86. The first-order valence-electron chi connectivity index (χ1n) is 7.84. The molecule has 20 heavy (non-hydrogen) atoms. The van der Waals surface area contributed by atoms with Crippen LogP contribution in [0.2, 0.25) is 0 Å². The van der Waals surface area contributed by atoms with Crippen molar-refractivity contribution in [1.29, 1.82) is 0 Å². The summed E-state index contributed by atoms with van der Waals surface area (Å²) in [6.07, 6.45) is 1.16. The van der Waals surface area contributed by atoms with Crippen LogP contribution in [-0.4, -0.2) is 32.3 Å². The van der Waals surface area contributed by atoms with Crippen molar-refractivity contribution < 1.29 is 4.74 Å². The van der Waals surface area contributed by atoms with Gasteiger partial charge < -0.3 is 15.0 Å². The molecule has 1 aromatic carbocycles. The topological polar surface area (TPSA) is 24.5 Å². The Hall–Kier alpha value is -1.06. The zero-order chi connectivity index (χ0) is 14.4. The van der Waals surface area contributed by atoms with Crippen LogP contribution in [0.4, 0.5) is 5.69 Å². The summed E-state index contributed by atoms with van der Waals surface area (Å²) in [6, 6.07) is 9.28. The maximum absolute atomic E-state index is 5.76. The summed E-state index contributed by atoms with van der Waals surface area (Å²) in [5, 5.41) is 3.64. The van der Waals surface area contributed by atoms with Crippen LogP contribution in [0.3, 0.4) is 0 Å². The Morgan fingerprint density at radius 1 is 1.35 bits per heavy atom. The van der Waals surface area contributed by atoms with Crippen molar-refractivity contribution in [2.75, 3.05) is 31.2 Å². The van der Waals surface area contributed by atoms with Gasteiger partial charge in [0.1, 0.15) is 0 Å². The molecule has 0 fully saturated rings. The van der Waals surface area contributed by atoms with Crippen molar-refractivity contribution in [1.82, 2.24) is 5.32 Å². The lowest BCUT2D eigenvalue weighted by atomic mass is 10.1. The van der Waals surface area contributed by atoms with E-state index in [0.717, 1.165) is 39.3 Å². The van der Waals surface area contributed by atoms with Gasteiger partial charge in [-0.1, -0.05) is 39.0 Å². The third-order valence-electron chi connectivity index (χ3n) is 3.80. The van der Waals surface area contributed by atoms with E-state index in [9.17, 15) is 0 Å². The lowest BCUT2D eigenvalue weighted by Crippen LogP contribution is -2.39. The van der Waals surface area contributed by atoms with Crippen LogP contribution in [-0.2, 0) is 11.3 Å². The first-order chi connectivity index (χ1) is 9.70. The van der Waals surface area contributed by atoms with Gasteiger partial charge >= 0.3 is 0 Å². The Labute approximate surface area is 123 Å². The normalized spacial score (nSPS) is 19.0. The van der Waals surface area contributed by atoms with E-state index in [1.807, 2.05) is 0 Å². The number of para-hydroxylation sites is 1. The molecule has 1 N–H and O–H groups in total. The molecule has 0 saturated heterocycles. The SMILES string of the molecule is CCC1CN(CCOCC(C)C)c2ccccc2CN1. The largest absolute Gasteiger partial charge is 0.379 e. The minimum absolute atomic E-state index is 0.562. The molecule has 1 heterocycles. The molecule has 0 radical (unpaired) electrons. The lowest BCUT2D eigenvalue weighted by molar-refractivity contribution is 0.115. The molecule has 0 aliphatic carbocycles. The van der Waals surface area contributed by atoms with Gasteiger partial charge in [0.2, 0.25) is 0 Å². The van der Waals surface area contributed by atoms with Gasteiger partial charge in [-0.15, -0.1) is 0 Å². The molecule has 3 heteroatoms. The molecule has 1 aliphatic heterocycles. The van der Waals surface area contributed by atoms with Gasteiger partial charge in [-0.3, -0.25) is 0 Å². The molecular formula is C17H28N2O. The molecule has 3 nitrogen and oxygen atoms in total. The lowest BCUT2D eigenvalue weighted by Gasteiger charge is -2.27. The zero-order valence-corrected chi connectivity index (χ0v) is 13.1. The standard InChI is InChI=1S/C17H28N2O/c1-4-16-12-19(9-10-20-13-14(2)3)17-8-6-5-7-15(17)11-18-16/h5-8,14,16,18H,4,9-13H2,1-3H3. The molecule has 0 saturated carbocycles. The third kappa shape index (κ3) is 4.22. The Bertz CT molecular complexity index is 406. The maximum atomic E-state index is 5.76. The molecule has 0 aromatic heterocycles. The Balaban J connectivity index is 1.99. The second kappa shape index (κ2) is 7.65. The number of ether oxygens (including phenoxy) is 1. The van der Waals surface area contributed by atoms with Crippen molar-refractivity contribution in [3.8, 4) is 0 Å². The Morgan fingerprint density at radius 3 is 2.90 bits per heavy atom. The molecule has 0 amide bonds. The average molecular weight is 276 g/mol. The smallest absolute Gasteiger partial charge is 0.0641 e. The van der Waals surface area contributed by atoms with E-state index in [0.29, 0.717) is 12.0 Å². The van der Waals surface area contributed by atoms with Crippen LogP contribution in [0.1, 0.15) is 32.8 Å². The van der Waals surface area contributed by atoms with Gasteiger partial charge in [-0.25, -0.2) is 0 Å². The van der Waals surface area contributed by atoms with Crippen molar-refractivity contribution in [3.63, 3.8) is 0 Å². The van der Waals surface area contributed by atoms with Crippen molar-refractivity contribution >= 4 is 5.69 Å². The third-order valence-corrected chi connectivity index (χ3v) is 3.80. The predicted molar refractivity (Wildman–Crippen MR) is 85.2 cm³/mol. The van der Waals surface area contributed by atoms with E-state index >= 15 is 0 Å². The summed E-state index contributed by atoms with van der Waals surface area (Å²) in [7, 11) is 0. The first-order valence-corrected chi connectivity index (χ1v) is 7.84. The van der Waals surface area contributed by atoms with E-state index in [4.69, 9.17) is 4.74 Å². The van der Waals surface area contributed by atoms with E-state index in [-0.39, 0.29) is 0 Å². The predicted octanol–water partition coefficient (Wildman–Crippen LogP) is 3.05. The molecule has 1 aromatic rings. The summed E-state index contributed by atoms with van der Waals surface area (Å²) < 4.78 is 5.76. The molecule has 1 aliphatic rings. The number of fused-ring (bicyclic) bond motifs is 1. The van der Waals surface area contributed by atoms with Gasteiger partial charge in [0.25, 0.3) is 0 Å². The molecule has 1 atom stereocenters. The van der Waals surface area contributed by atoms with Crippen LogP contribution in [0, 0.1) is 5.92 Å². The van der Waals surface area contributed by atoms with E-state index in [2.05, 4.69) is 55.3 Å². The van der Waals surface area contributed by atoms with Crippen molar-refractivity contribution in [3.05, 3.63) is 29.8 Å². The van der Waals surface area contributed by atoms with Crippen LogP contribution in [0.25, 0.3) is 0 Å². The monoisotopic (exact) mass is 276 g/mol. The number of hydrogen-bond donors (Lipinski definition) is 1. The van der Waals surface area contributed by atoms with Gasteiger partial charge in [0.05, 0.1) is 6.61 Å². The number of rotatable bonds is 6. The summed E-state index contributed by atoms with van der Waals surface area (Å²) >= 11 is 0. The molecule has 112 valence electrons. The zero-order valence-electron chi connectivity index (χ0n) is 13.1. The summed E-state index contributed by atoms with van der Waals surface area (Å²) in [5.74, 6) is 0.608. The number of benzene rings is 1. The van der Waals surface area contributed by atoms with Crippen molar-refractivity contribution in [2.45, 2.75) is 39.8 Å². The highest BCUT2D eigenvalue weighted by Crippen LogP contribution is 2.23. The van der Waals surface area contributed by atoms with Gasteiger partial charge in [0.15, 0.2) is 0 Å². The fraction of sp³-hybridized carbons (Fsp3) is 0.647. The van der Waals surface area contributed by atoms with Crippen LogP contribution >= 0.6 is 0 Å². The maximum Gasteiger partial charge on any atom is 0.0641 e. The Morgan fingerprint density at radius 2 is 2.15 bits per heavy atom. The fourth-order valence-electron chi connectivity index (χ4n) is 2.63. The number of hydrogen-bond acceptors (Lipinski definition) is 3. The van der Waals surface area contributed by atoms with E-state index < -0.39 is 0 Å². The number of nitrogens with zero attached hydrogens (tertiary/aromatic N) is 1. The molecule has 0 bridgehead atoms. The highest BCUT2D eigenvalue weighted by atomic mass is 16.5. The summed E-state index contributed by atoms with van der Waals surface area (Å²) in [6.45, 7) is 11.3. The number of anilines is 1. The summed E-state index contributed by atoms with van der Waals surface area (Å²) in [4.78, 5) is 2.48. The second-order valence-electron chi connectivity index (χ2n) is 6.03. The molecule has 2 rings (SSSR count). The summed E-state index contributed by atoms with van der Waals surface area (Å²) in [5.41, 5.74) is 2.76. The highest BCUT2D eigenvalue weighted by Gasteiger charge is 2.19. The highest BCUT2D eigenvalue weighted by molar-refractivity contribution is 5.54. The second-order valence-corrected chi connectivity index (χ2v) is 6.03. The van der Waals surface area contributed by atoms with E-state index in [1.54, 1.807) is 0 Å². The van der Waals surface area contributed by atoms with Crippen molar-refractivity contribution in [2.24, 2.45) is 5.92 Å². The minimum Gasteiger partial charge on any atom is -0.379 e. The van der Waals surface area contributed by atoms with Gasteiger partial charge in [-0.05, 0) is 24.0 Å². The molecule has 1 unspecified atom stereocenters. The van der Waals surface area contributed by atoms with E-state index in [1.165, 1.54) is 11.3 Å². The first kappa shape index (κ1) is 15.3. The minimum atomic E-state index is 0.562. The molecule has 0 spiro atoms. The van der Waals surface area contributed by atoms with Gasteiger partial charge in [0, 0.05) is 38.0 Å². The van der Waals surface area contributed by atoms with Crippen LogP contribution in [0.5, 0.6) is 0 Å². The number of nitrogens with one attached hydrogen (secondary N) is 1. The quantitative estimate of drug-likeness (QED) is 0.808. The van der Waals surface area contributed by atoms with Gasteiger partial charge in [-0.2, -0.15) is 0 Å². The fourth-order valence-corrected chi connectivity index (χ4v) is 2.63. The van der Waals surface area contributed by atoms with Crippen LogP contribution in [0.15, 0.2) is 24.3 Å². The van der Waals surface area contributed by atoms with Crippen LogP contribution < -0.4 is 10.2 Å².